The molecule has 0 bridgehead atoms. The molecule has 3 aromatic rings. The SMILES string of the molecule is CS(=O)(=O)c1ccc(C(=Cc2cccs2)C(=O)Nc2nccs2)cc1. The highest BCUT2D eigenvalue weighted by Gasteiger charge is 2.15. The lowest BCUT2D eigenvalue weighted by atomic mass is 10.0. The highest BCUT2D eigenvalue weighted by atomic mass is 32.2. The maximum atomic E-state index is 12.7. The van der Waals surface area contributed by atoms with Crippen LogP contribution in [0.25, 0.3) is 11.6 Å². The molecule has 1 N–H and O–H groups in total. The van der Waals surface area contributed by atoms with E-state index in [1.807, 2.05) is 17.5 Å². The summed E-state index contributed by atoms with van der Waals surface area (Å²) in [6.45, 7) is 0. The summed E-state index contributed by atoms with van der Waals surface area (Å²) >= 11 is 2.84. The number of hydrogen-bond acceptors (Lipinski definition) is 6. The zero-order chi connectivity index (χ0) is 17.9. The average molecular weight is 391 g/mol. The first kappa shape index (κ1) is 17.5. The van der Waals surface area contributed by atoms with Gasteiger partial charge in [0.25, 0.3) is 5.91 Å². The topological polar surface area (TPSA) is 76.1 Å². The van der Waals surface area contributed by atoms with Crippen LogP contribution in [0.1, 0.15) is 10.4 Å². The van der Waals surface area contributed by atoms with E-state index in [0.29, 0.717) is 16.3 Å². The first-order chi connectivity index (χ1) is 11.9. The van der Waals surface area contributed by atoms with Crippen molar-refractivity contribution in [1.29, 1.82) is 0 Å². The number of sulfone groups is 1. The van der Waals surface area contributed by atoms with Gasteiger partial charge in [0.15, 0.2) is 15.0 Å². The summed E-state index contributed by atoms with van der Waals surface area (Å²) in [6, 6.07) is 10.1. The van der Waals surface area contributed by atoms with Crippen molar-refractivity contribution in [3.05, 3.63) is 63.8 Å². The highest BCUT2D eigenvalue weighted by Crippen LogP contribution is 2.24. The minimum absolute atomic E-state index is 0.215. The molecule has 0 aliphatic carbocycles. The van der Waals surface area contributed by atoms with Gasteiger partial charge in [0.05, 0.1) is 4.90 Å². The molecule has 2 aromatic heterocycles. The minimum Gasteiger partial charge on any atom is -0.298 e. The van der Waals surface area contributed by atoms with Gasteiger partial charge >= 0.3 is 0 Å². The maximum absolute atomic E-state index is 12.7. The smallest absolute Gasteiger partial charge is 0.258 e. The van der Waals surface area contributed by atoms with Crippen LogP contribution in [0.2, 0.25) is 0 Å². The lowest BCUT2D eigenvalue weighted by Crippen LogP contribution is -2.13. The molecule has 128 valence electrons. The van der Waals surface area contributed by atoms with E-state index in [-0.39, 0.29) is 10.8 Å². The Labute approximate surface area is 153 Å². The second-order valence-electron chi connectivity index (χ2n) is 5.16. The number of carbonyl (C=O) groups is 1. The van der Waals surface area contributed by atoms with Gasteiger partial charge in [-0.1, -0.05) is 18.2 Å². The minimum atomic E-state index is -3.28. The van der Waals surface area contributed by atoms with E-state index in [1.54, 1.807) is 29.8 Å². The van der Waals surface area contributed by atoms with Crippen LogP contribution in [0.3, 0.4) is 0 Å². The summed E-state index contributed by atoms with van der Waals surface area (Å²) in [5, 5.41) is 6.98. The molecule has 0 fully saturated rings. The van der Waals surface area contributed by atoms with Crippen molar-refractivity contribution in [3.8, 4) is 0 Å². The van der Waals surface area contributed by atoms with Gasteiger partial charge in [-0.3, -0.25) is 10.1 Å². The van der Waals surface area contributed by atoms with Crippen LogP contribution in [0, 0.1) is 0 Å². The molecule has 1 aromatic carbocycles. The van der Waals surface area contributed by atoms with E-state index in [2.05, 4.69) is 10.3 Å². The summed E-state index contributed by atoms with van der Waals surface area (Å²) in [5.41, 5.74) is 1.08. The Bertz CT molecular complexity index is 988. The Morgan fingerprint density at radius 1 is 1.12 bits per heavy atom. The number of anilines is 1. The Morgan fingerprint density at radius 2 is 1.88 bits per heavy atom. The van der Waals surface area contributed by atoms with Crippen molar-refractivity contribution >= 4 is 55.2 Å². The second kappa shape index (κ2) is 7.30. The number of amides is 1. The van der Waals surface area contributed by atoms with Gasteiger partial charge in [0, 0.05) is 28.3 Å². The van der Waals surface area contributed by atoms with E-state index in [1.165, 1.54) is 34.8 Å². The van der Waals surface area contributed by atoms with Crippen molar-refractivity contribution in [1.82, 2.24) is 4.98 Å². The van der Waals surface area contributed by atoms with Crippen molar-refractivity contribution in [2.75, 3.05) is 11.6 Å². The third kappa shape index (κ3) is 4.41. The van der Waals surface area contributed by atoms with E-state index >= 15 is 0 Å². The largest absolute Gasteiger partial charge is 0.298 e. The Kier molecular flexibility index (Phi) is 5.12. The second-order valence-corrected chi connectivity index (χ2v) is 9.05. The van der Waals surface area contributed by atoms with Crippen molar-refractivity contribution in [2.24, 2.45) is 0 Å². The highest BCUT2D eigenvalue weighted by molar-refractivity contribution is 7.90. The van der Waals surface area contributed by atoms with Crippen LogP contribution < -0.4 is 5.32 Å². The van der Waals surface area contributed by atoms with Gasteiger partial charge in [-0.2, -0.15) is 0 Å². The van der Waals surface area contributed by atoms with Crippen LogP contribution in [-0.2, 0) is 14.6 Å². The normalized spacial score (nSPS) is 12.1. The van der Waals surface area contributed by atoms with Crippen LogP contribution in [0.15, 0.2) is 58.3 Å². The van der Waals surface area contributed by atoms with Gasteiger partial charge in [0.2, 0.25) is 0 Å². The molecule has 0 aliphatic heterocycles. The Balaban J connectivity index is 1.98. The standard InChI is InChI=1S/C17H14N2O3S3/c1-25(21,22)14-6-4-12(5-7-14)15(11-13-3-2-9-23-13)16(20)19-17-18-8-10-24-17/h2-11H,1H3,(H,18,19,20). The zero-order valence-corrected chi connectivity index (χ0v) is 15.6. The molecule has 0 saturated heterocycles. The molecule has 0 atom stereocenters. The van der Waals surface area contributed by atoms with E-state index < -0.39 is 9.84 Å². The monoisotopic (exact) mass is 390 g/mol. The maximum Gasteiger partial charge on any atom is 0.258 e. The van der Waals surface area contributed by atoms with E-state index in [0.717, 1.165) is 11.1 Å². The number of thiazole rings is 1. The summed E-state index contributed by atoms with van der Waals surface area (Å²) in [7, 11) is -3.28. The zero-order valence-electron chi connectivity index (χ0n) is 13.2. The van der Waals surface area contributed by atoms with Crippen molar-refractivity contribution in [2.45, 2.75) is 4.90 Å². The molecule has 0 saturated carbocycles. The lowest BCUT2D eigenvalue weighted by Gasteiger charge is -2.08. The molecular weight excluding hydrogens is 376 g/mol. The molecular formula is C17H14N2O3S3. The lowest BCUT2D eigenvalue weighted by molar-refractivity contribution is -0.111. The number of hydrogen-bond donors (Lipinski definition) is 1. The number of aromatic nitrogens is 1. The number of carbonyl (C=O) groups excluding carboxylic acids is 1. The van der Waals surface area contributed by atoms with E-state index in [4.69, 9.17) is 0 Å². The molecule has 0 aliphatic rings. The molecule has 0 radical (unpaired) electrons. The molecule has 0 spiro atoms. The third-order valence-electron chi connectivity index (χ3n) is 3.32. The molecule has 5 nitrogen and oxygen atoms in total. The molecule has 0 unspecified atom stereocenters. The summed E-state index contributed by atoms with van der Waals surface area (Å²) in [5.74, 6) is -0.296. The van der Waals surface area contributed by atoms with Crippen LogP contribution in [0.5, 0.6) is 0 Å². The van der Waals surface area contributed by atoms with E-state index in [9.17, 15) is 13.2 Å². The molecule has 3 rings (SSSR count). The quantitative estimate of drug-likeness (QED) is 0.673. The number of benzene rings is 1. The van der Waals surface area contributed by atoms with Crippen molar-refractivity contribution in [3.63, 3.8) is 0 Å². The fourth-order valence-electron chi connectivity index (χ4n) is 2.13. The molecule has 8 heteroatoms. The van der Waals surface area contributed by atoms with Crippen LogP contribution in [0.4, 0.5) is 5.13 Å². The Hall–Kier alpha value is -2.29. The fraction of sp³-hybridized carbons (Fsp3) is 0.0588. The van der Waals surface area contributed by atoms with Gasteiger partial charge < -0.3 is 0 Å². The van der Waals surface area contributed by atoms with Crippen molar-refractivity contribution < 1.29 is 13.2 Å². The number of nitrogens with zero attached hydrogens (tertiary/aromatic N) is 1. The van der Waals surface area contributed by atoms with Crippen LogP contribution in [-0.4, -0.2) is 25.6 Å². The van der Waals surface area contributed by atoms with Gasteiger partial charge in [-0.25, -0.2) is 13.4 Å². The van der Waals surface area contributed by atoms with Gasteiger partial charge in [-0.15, -0.1) is 22.7 Å². The summed E-state index contributed by atoms with van der Waals surface area (Å²) in [6.07, 6.45) is 4.55. The Morgan fingerprint density at radius 3 is 2.44 bits per heavy atom. The first-order valence-electron chi connectivity index (χ1n) is 7.20. The van der Waals surface area contributed by atoms with Gasteiger partial charge in [-0.05, 0) is 35.2 Å². The fourth-order valence-corrected chi connectivity index (χ4v) is 3.94. The predicted octanol–water partition coefficient (Wildman–Crippen LogP) is 3.79. The number of rotatable bonds is 5. The summed E-state index contributed by atoms with van der Waals surface area (Å²) in [4.78, 5) is 17.9. The van der Waals surface area contributed by atoms with Gasteiger partial charge in [0.1, 0.15) is 0 Å². The number of nitrogens with one attached hydrogen (secondary N) is 1. The number of thiophene rings is 1. The first-order valence-corrected chi connectivity index (χ1v) is 10.8. The molecule has 1 amide bonds. The molecule has 25 heavy (non-hydrogen) atoms. The third-order valence-corrected chi connectivity index (χ3v) is 5.96. The van der Waals surface area contributed by atoms with Crippen LogP contribution >= 0.6 is 22.7 Å². The molecule has 2 heterocycles. The average Bonchev–Trinajstić information content (AvgIpc) is 3.25. The summed E-state index contributed by atoms with van der Waals surface area (Å²) < 4.78 is 23.2. The predicted molar refractivity (Wildman–Crippen MR) is 102 cm³/mol.